The third-order valence-electron chi connectivity index (χ3n) is 5.08. The lowest BCUT2D eigenvalue weighted by Crippen LogP contribution is -2.32. The Kier molecular flexibility index (Phi) is 5.55. The van der Waals surface area contributed by atoms with Crippen LogP contribution in [0.5, 0.6) is 0 Å². The highest BCUT2D eigenvalue weighted by atomic mass is 32.2. The van der Waals surface area contributed by atoms with Gasteiger partial charge in [0.2, 0.25) is 5.16 Å². The molecule has 0 spiro atoms. The Bertz CT molecular complexity index is 1010. The number of aryl methyl sites for hydroxylation is 1. The van der Waals surface area contributed by atoms with Crippen LogP contribution < -0.4 is 4.90 Å². The van der Waals surface area contributed by atoms with Crippen molar-refractivity contribution in [3.05, 3.63) is 42.1 Å². The summed E-state index contributed by atoms with van der Waals surface area (Å²) < 4.78 is 11.9. The van der Waals surface area contributed by atoms with Gasteiger partial charge in [0, 0.05) is 31.1 Å². The Morgan fingerprint density at radius 2 is 1.96 bits per heavy atom. The minimum Gasteiger partial charge on any atom is -0.348 e. The molecule has 1 aromatic carbocycles. The molecule has 0 radical (unpaired) electrons. The van der Waals surface area contributed by atoms with Crippen LogP contribution in [0, 0.1) is 12.8 Å². The number of hydrogen-bond acceptors (Lipinski definition) is 6. The molecule has 1 atom stereocenters. The maximum absolute atomic E-state index is 11.9. The van der Waals surface area contributed by atoms with Gasteiger partial charge in [0.25, 0.3) is 0 Å². The van der Waals surface area contributed by atoms with Gasteiger partial charge in [-0.05, 0) is 37.8 Å². The zero-order valence-corrected chi connectivity index (χ0v) is 18.0. The number of benzene rings is 1. The van der Waals surface area contributed by atoms with Crippen molar-refractivity contribution in [1.82, 2.24) is 15.0 Å². The van der Waals surface area contributed by atoms with Gasteiger partial charge in [0.1, 0.15) is 0 Å². The predicted octanol–water partition coefficient (Wildman–Crippen LogP) is 4.55. The molecule has 0 saturated carbocycles. The summed E-state index contributed by atoms with van der Waals surface area (Å²) in [5, 5.41) is 1.39. The van der Waals surface area contributed by atoms with Crippen molar-refractivity contribution in [3.63, 3.8) is 0 Å². The Labute approximate surface area is 172 Å². The number of thiazole rings is 1. The highest BCUT2D eigenvalue weighted by Crippen LogP contribution is 2.40. The van der Waals surface area contributed by atoms with E-state index in [1.165, 1.54) is 18.4 Å². The van der Waals surface area contributed by atoms with Crippen molar-refractivity contribution in [3.8, 4) is 21.8 Å². The van der Waals surface area contributed by atoms with Gasteiger partial charge in [-0.1, -0.05) is 42.0 Å². The van der Waals surface area contributed by atoms with Gasteiger partial charge in [-0.25, -0.2) is 15.0 Å². The van der Waals surface area contributed by atoms with Crippen molar-refractivity contribution in [1.29, 1.82) is 0 Å². The molecule has 1 fully saturated rings. The maximum atomic E-state index is 11.9. The lowest BCUT2D eigenvalue weighted by atomic mass is 10.00. The number of anilines is 1. The van der Waals surface area contributed by atoms with E-state index >= 15 is 0 Å². The lowest BCUT2D eigenvalue weighted by Gasteiger charge is -2.29. The van der Waals surface area contributed by atoms with Crippen LogP contribution in [0.3, 0.4) is 0 Å². The quantitative estimate of drug-likeness (QED) is 0.589. The molecule has 1 aliphatic rings. The Morgan fingerprint density at radius 1 is 1.18 bits per heavy atom. The fourth-order valence-electron chi connectivity index (χ4n) is 3.41. The molecule has 2 aromatic heterocycles. The van der Waals surface area contributed by atoms with Gasteiger partial charge < -0.3 is 4.90 Å². The number of hydrogen-bond donors (Lipinski definition) is 0. The molecule has 4 rings (SSSR count). The van der Waals surface area contributed by atoms with Crippen molar-refractivity contribution in [2.24, 2.45) is 5.92 Å². The second-order valence-corrected chi connectivity index (χ2v) is 9.64. The van der Waals surface area contributed by atoms with Crippen LogP contribution in [0.25, 0.3) is 21.8 Å². The van der Waals surface area contributed by atoms with E-state index in [0.717, 1.165) is 46.0 Å². The second kappa shape index (κ2) is 8.09. The fraction of sp³-hybridized carbons (Fsp3) is 0.381. The third kappa shape index (κ3) is 4.00. The van der Waals surface area contributed by atoms with Gasteiger partial charge in [-0.2, -0.15) is 0 Å². The molecular formula is C21H24N4OS2. The maximum Gasteiger partial charge on any atom is 0.218 e. The molecule has 28 heavy (non-hydrogen) atoms. The fourth-order valence-corrected chi connectivity index (χ4v) is 4.96. The van der Waals surface area contributed by atoms with Crippen LogP contribution >= 0.6 is 11.3 Å². The number of aromatic nitrogens is 3. The molecule has 3 aromatic rings. The molecule has 1 aliphatic heterocycles. The van der Waals surface area contributed by atoms with Crippen LogP contribution in [-0.4, -0.2) is 38.5 Å². The topological polar surface area (TPSA) is 59.0 Å². The lowest BCUT2D eigenvalue weighted by molar-refractivity contribution is 0.438. The van der Waals surface area contributed by atoms with Gasteiger partial charge in [0.15, 0.2) is 5.13 Å². The van der Waals surface area contributed by atoms with Crippen LogP contribution in [-0.2, 0) is 10.8 Å². The zero-order valence-electron chi connectivity index (χ0n) is 16.4. The SMILES string of the molecule is Cc1cccc(-c2nc(N3CCC(C)CC3)sc2-c2ccnc(S(C)=O)n2)c1. The Hall–Kier alpha value is -2.12. The van der Waals surface area contributed by atoms with E-state index < -0.39 is 10.8 Å². The molecular weight excluding hydrogens is 388 g/mol. The van der Waals surface area contributed by atoms with Crippen LogP contribution in [0.2, 0.25) is 0 Å². The summed E-state index contributed by atoms with van der Waals surface area (Å²) in [6, 6.07) is 10.3. The largest absolute Gasteiger partial charge is 0.348 e. The number of rotatable bonds is 4. The van der Waals surface area contributed by atoms with E-state index in [0.29, 0.717) is 5.16 Å². The van der Waals surface area contributed by atoms with E-state index in [-0.39, 0.29) is 0 Å². The summed E-state index contributed by atoms with van der Waals surface area (Å²) in [5.41, 5.74) is 4.00. The first kappa shape index (κ1) is 19.2. The average molecular weight is 413 g/mol. The van der Waals surface area contributed by atoms with Crippen molar-refractivity contribution < 1.29 is 4.21 Å². The molecule has 0 aliphatic carbocycles. The van der Waals surface area contributed by atoms with E-state index in [9.17, 15) is 4.21 Å². The Morgan fingerprint density at radius 3 is 2.68 bits per heavy atom. The molecule has 1 saturated heterocycles. The molecule has 1 unspecified atom stereocenters. The van der Waals surface area contributed by atoms with Gasteiger partial charge in [-0.3, -0.25) is 4.21 Å². The number of piperidine rings is 1. The molecule has 146 valence electrons. The normalized spacial score (nSPS) is 16.3. The third-order valence-corrected chi connectivity index (χ3v) is 6.93. The standard InChI is InChI=1S/C21H24N4OS2/c1-14-8-11-25(12-9-14)21-24-18(16-6-4-5-15(2)13-16)19(27-21)17-7-10-22-20(23-17)28(3)26/h4-7,10,13-14H,8-9,11-12H2,1-3H3. The second-order valence-electron chi connectivity index (χ2n) is 7.39. The minimum atomic E-state index is -1.22. The molecule has 0 bridgehead atoms. The molecule has 0 N–H and O–H groups in total. The monoisotopic (exact) mass is 412 g/mol. The zero-order chi connectivity index (χ0) is 19.7. The van der Waals surface area contributed by atoms with Gasteiger partial charge >= 0.3 is 0 Å². The van der Waals surface area contributed by atoms with Crippen molar-refractivity contribution in [2.75, 3.05) is 24.2 Å². The summed E-state index contributed by atoms with van der Waals surface area (Å²) >= 11 is 1.67. The average Bonchev–Trinajstić information content (AvgIpc) is 3.14. The smallest absolute Gasteiger partial charge is 0.218 e. The summed E-state index contributed by atoms with van der Waals surface area (Å²) in [4.78, 5) is 17.1. The van der Waals surface area contributed by atoms with Crippen molar-refractivity contribution in [2.45, 2.75) is 31.8 Å². The predicted molar refractivity (Wildman–Crippen MR) is 116 cm³/mol. The first-order chi connectivity index (χ1) is 13.5. The molecule has 5 nitrogen and oxygen atoms in total. The van der Waals surface area contributed by atoms with E-state index in [1.54, 1.807) is 23.8 Å². The van der Waals surface area contributed by atoms with Crippen LogP contribution in [0.15, 0.2) is 41.7 Å². The molecule has 0 amide bonds. The summed E-state index contributed by atoms with van der Waals surface area (Å²) in [5.74, 6) is 0.774. The minimum absolute atomic E-state index is 0.356. The van der Waals surface area contributed by atoms with E-state index in [4.69, 9.17) is 4.98 Å². The first-order valence-corrected chi connectivity index (χ1v) is 11.9. The Balaban J connectivity index is 1.81. The van der Waals surface area contributed by atoms with Crippen LogP contribution in [0.1, 0.15) is 25.3 Å². The first-order valence-electron chi connectivity index (χ1n) is 9.51. The summed E-state index contributed by atoms with van der Waals surface area (Å²) in [7, 11) is -1.22. The van der Waals surface area contributed by atoms with Gasteiger partial charge in [-0.15, -0.1) is 0 Å². The highest BCUT2D eigenvalue weighted by Gasteiger charge is 2.23. The highest BCUT2D eigenvalue weighted by molar-refractivity contribution is 7.84. The summed E-state index contributed by atoms with van der Waals surface area (Å²) in [6.07, 6.45) is 5.68. The number of nitrogens with zero attached hydrogens (tertiary/aromatic N) is 4. The van der Waals surface area contributed by atoms with E-state index in [2.05, 4.69) is 53.0 Å². The van der Waals surface area contributed by atoms with Gasteiger partial charge in [0.05, 0.1) is 27.1 Å². The molecule has 3 heterocycles. The summed E-state index contributed by atoms with van der Waals surface area (Å²) in [6.45, 7) is 6.48. The van der Waals surface area contributed by atoms with Crippen LogP contribution in [0.4, 0.5) is 5.13 Å². The van der Waals surface area contributed by atoms with E-state index in [1.807, 2.05) is 6.07 Å². The molecule has 7 heteroatoms. The van der Waals surface area contributed by atoms with Crippen molar-refractivity contribution >= 4 is 27.3 Å².